The first kappa shape index (κ1) is 21.6. The van der Waals surface area contributed by atoms with E-state index in [9.17, 15) is 0 Å². The highest BCUT2D eigenvalue weighted by Gasteiger charge is 2.20. The molecule has 2 rings (SSSR count). The first-order valence-electron chi connectivity index (χ1n) is 8.95. The second-order valence-electron chi connectivity index (χ2n) is 6.58. The van der Waals surface area contributed by atoms with Crippen LogP contribution < -0.4 is 0 Å². The largest absolute Gasteiger partial charge is 0.484 e. The Balaban J connectivity index is 0.000000250. The molecule has 0 radical (unpaired) electrons. The van der Waals surface area contributed by atoms with Crippen molar-refractivity contribution in [1.82, 2.24) is 0 Å². The smallest absolute Gasteiger partial charge is 0.373 e. The lowest BCUT2D eigenvalue weighted by molar-refractivity contribution is 0.0335. The first-order chi connectivity index (χ1) is 11.9. The third kappa shape index (κ3) is 10.2. The summed E-state index contributed by atoms with van der Waals surface area (Å²) in [6.07, 6.45) is 0.525. The van der Waals surface area contributed by atoms with E-state index in [4.69, 9.17) is 13.3 Å². The summed E-state index contributed by atoms with van der Waals surface area (Å²) in [6.45, 7) is 12.0. The zero-order valence-electron chi connectivity index (χ0n) is 16.3. The van der Waals surface area contributed by atoms with E-state index in [0.29, 0.717) is 0 Å². The highest BCUT2D eigenvalue weighted by Crippen LogP contribution is 2.17. The Morgan fingerprint density at radius 3 is 1.04 bits per heavy atom. The Bertz CT molecular complexity index is 495. The average Bonchev–Trinajstić information content (AvgIpc) is 2.55. The second-order valence-corrected chi connectivity index (χ2v) is 7.97. The first-order valence-corrected chi connectivity index (χ1v) is 10.4. The molecule has 2 aromatic carbocycles. The van der Waals surface area contributed by atoms with Crippen LogP contribution in [0.1, 0.15) is 41.5 Å². The molecule has 0 amide bonds. The molecular formula is C21H32O3Si. The molecule has 3 nitrogen and oxygen atoms in total. The zero-order chi connectivity index (χ0) is 18.7. The summed E-state index contributed by atoms with van der Waals surface area (Å²) in [5.41, 5.74) is 2.55. The Morgan fingerprint density at radius 1 is 0.520 bits per heavy atom. The SMILES string of the molecule is CC(C)O[SiH](OC(C)C)OC(C)C.c1ccc(-c2ccccc2)cc1. The fourth-order valence-electron chi connectivity index (χ4n) is 2.02. The summed E-state index contributed by atoms with van der Waals surface area (Å²) in [6, 6.07) is 20.8. The predicted octanol–water partition coefficient (Wildman–Crippen LogP) is 5.33. The molecule has 0 atom stereocenters. The molecule has 0 N–H and O–H groups in total. The third-order valence-corrected chi connectivity index (χ3v) is 5.33. The molecule has 0 aromatic heterocycles. The number of benzene rings is 2. The maximum absolute atomic E-state index is 5.57. The minimum absolute atomic E-state index is 0.175. The molecule has 4 heteroatoms. The summed E-state index contributed by atoms with van der Waals surface area (Å²) in [7, 11) is -1.91. The van der Waals surface area contributed by atoms with Crippen molar-refractivity contribution >= 4 is 9.53 Å². The van der Waals surface area contributed by atoms with Crippen molar-refractivity contribution in [2.75, 3.05) is 0 Å². The highest BCUT2D eigenvalue weighted by molar-refractivity contribution is 6.36. The van der Waals surface area contributed by atoms with Crippen LogP contribution in [0.5, 0.6) is 0 Å². The van der Waals surface area contributed by atoms with Crippen LogP contribution in [0.15, 0.2) is 60.7 Å². The average molecular weight is 361 g/mol. The fraction of sp³-hybridized carbons (Fsp3) is 0.429. The molecule has 0 fully saturated rings. The van der Waals surface area contributed by atoms with Gasteiger partial charge in [-0.05, 0) is 52.7 Å². The minimum atomic E-state index is -1.91. The molecule has 0 heterocycles. The van der Waals surface area contributed by atoms with E-state index in [-0.39, 0.29) is 18.3 Å². The van der Waals surface area contributed by atoms with E-state index in [1.165, 1.54) is 11.1 Å². The number of hydrogen-bond acceptors (Lipinski definition) is 3. The van der Waals surface area contributed by atoms with E-state index in [1.807, 2.05) is 53.7 Å². The Morgan fingerprint density at radius 2 is 0.800 bits per heavy atom. The lowest BCUT2D eigenvalue weighted by atomic mass is 10.1. The second kappa shape index (κ2) is 12.0. The van der Waals surface area contributed by atoms with Crippen LogP contribution in [0, 0.1) is 0 Å². The summed E-state index contributed by atoms with van der Waals surface area (Å²) in [4.78, 5) is 0. The maximum atomic E-state index is 5.57. The number of rotatable bonds is 7. The van der Waals surface area contributed by atoms with Gasteiger partial charge in [0.05, 0.1) is 0 Å². The van der Waals surface area contributed by atoms with E-state index in [0.717, 1.165) is 0 Å². The molecule has 0 spiro atoms. The quantitative estimate of drug-likeness (QED) is 0.624. The maximum Gasteiger partial charge on any atom is 0.484 e. The van der Waals surface area contributed by atoms with Crippen molar-refractivity contribution in [1.29, 1.82) is 0 Å². The molecular weight excluding hydrogens is 328 g/mol. The van der Waals surface area contributed by atoms with E-state index in [2.05, 4.69) is 48.5 Å². The Labute approximate surface area is 154 Å². The molecule has 0 unspecified atom stereocenters. The molecule has 0 bridgehead atoms. The highest BCUT2D eigenvalue weighted by atomic mass is 28.3. The van der Waals surface area contributed by atoms with Gasteiger partial charge in [0.1, 0.15) is 0 Å². The van der Waals surface area contributed by atoms with Gasteiger partial charge in [-0.15, -0.1) is 0 Å². The van der Waals surface area contributed by atoms with Crippen molar-refractivity contribution in [3.63, 3.8) is 0 Å². The van der Waals surface area contributed by atoms with Gasteiger partial charge in [-0.25, -0.2) is 0 Å². The third-order valence-electron chi connectivity index (χ3n) is 3.03. The molecule has 0 saturated heterocycles. The summed E-state index contributed by atoms with van der Waals surface area (Å²) < 4.78 is 16.7. The van der Waals surface area contributed by atoms with Crippen molar-refractivity contribution in [3.8, 4) is 11.1 Å². The van der Waals surface area contributed by atoms with Gasteiger partial charge in [-0.2, -0.15) is 0 Å². The van der Waals surface area contributed by atoms with Crippen molar-refractivity contribution in [3.05, 3.63) is 60.7 Å². The molecule has 25 heavy (non-hydrogen) atoms. The lowest BCUT2D eigenvalue weighted by Gasteiger charge is -2.22. The van der Waals surface area contributed by atoms with E-state index >= 15 is 0 Å². The van der Waals surface area contributed by atoms with E-state index in [1.54, 1.807) is 0 Å². The van der Waals surface area contributed by atoms with Crippen LogP contribution in [0.25, 0.3) is 11.1 Å². The van der Waals surface area contributed by atoms with Crippen LogP contribution in [-0.2, 0) is 13.3 Å². The fourth-order valence-corrected chi connectivity index (χ4v) is 3.55. The predicted molar refractivity (Wildman–Crippen MR) is 108 cm³/mol. The van der Waals surface area contributed by atoms with Gasteiger partial charge in [-0.1, -0.05) is 60.7 Å². The Kier molecular flexibility index (Phi) is 10.3. The lowest BCUT2D eigenvalue weighted by Crippen LogP contribution is -2.34. The summed E-state index contributed by atoms with van der Waals surface area (Å²) in [5, 5.41) is 0. The topological polar surface area (TPSA) is 27.7 Å². The van der Waals surface area contributed by atoms with Crippen LogP contribution in [0.3, 0.4) is 0 Å². The molecule has 2 aromatic rings. The zero-order valence-corrected chi connectivity index (χ0v) is 17.5. The van der Waals surface area contributed by atoms with Crippen molar-refractivity contribution in [2.45, 2.75) is 59.9 Å². The van der Waals surface area contributed by atoms with Crippen molar-refractivity contribution < 1.29 is 13.3 Å². The van der Waals surface area contributed by atoms with Gasteiger partial charge in [0.25, 0.3) is 0 Å². The van der Waals surface area contributed by atoms with Crippen LogP contribution in [0.2, 0.25) is 0 Å². The van der Waals surface area contributed by atoms with Crippen molar-refractivity contribution in [2.24, 2.45) is 0 Å². The molecule has 0 saturated carbocycles. The summed E-state index contributed by atoms with van der Waals surface area (Å²) >= 11 is 0. The van der Waals surface area contributed by atoms with Crippen LogP contribution in [-0.4, -0.2) is 27.8 Å². The van der Waals surface area contributed by atoms with E-state index < -0.39 is 9.53 Å². The van der Waals surface area contributed by atoms with Gasteiger partial charge in [0, 0.05) is 18.3 Å². The monoisotopic (exact) mass is 360 g/mol. The number of hydrogen-bond donors (Lipinski definition) is 0. The molecule has 0 aliphatic rings. The van der Waals surface area contributed by atoms with Gasteiger partial charge in [0.2, 0.25) is 0 Å². The Hall–Kier alpha value is -1.46. The van der Waals surface area contributed by atoms with Gasteiger partial charge in [0.15, 0.2) is 0 Å². The molecule has 0 aliphatic heterocycles. The molecule has 138 valence electrons. The van der Waals surface area contributed by atoms with Gasteiger partial charge in [-0.3, -0.25) is 0 Å². The normalized spacial score (nSPS) is 11.1. The van der Waals surface area contributed by atoms with Gasteiger partial charge < -0.3 is 13.3 Å². The molecule has 0 aliphatic carbocycles. The standard InChI is InChI=1S/C12H10.C9H22O3Si/c1-3-7-11(8-4-1)12-9-5-2-6-10-12;1-7(2)10-13(11-8(3)4)12-9(5)6/h1-10H;7-9,13H,1-6H3. The minimum Gasteiger partial charge on any atom is -0.373 e. The van der Waals surface area contributed by atoms with Gasteiger partial charge >= 0.3 is 9.53 Å². The van der Waals surface area contributed by atoms with Crippen LogP contribution in [0.4, 0.5) is 0 Å². The summed E-state index contributed by atoms with van der Waals surface area (Å²) in [5.74, 6) is 0. The van der Waals surface area contributed by atoms with Crippen LogP contribution >= 0.6 is 0 Å².